The van der Waals surface area contributed by atoms with Crippen molar-refractivity contribution in [2.45, 2.75) is 6.61 Å². The van der Waals surface area contributed by atoms with Crippen LogP contribution in [-0.4, -0.2) is 24.2 Å². The summed E-state index contributed by atoms with van der Waals surface area (Å²) in [5.41, 5.74) is 3.23. The standard InChI is InChI=1S/C21H14F5N3O3/c1-31-14-5-4-11(8-28-29-21(30)12-3-2-6-27-9-12)7-13(14)10-32-20-18(25)16(23)15(22)17(24)19(20)26/h2-9H,10H2,1H3,(H,29,30). The van der Waals surface area contributed by atoms with E-state index in [9.17, 15) is 26.7 Å². The Morgan fingerprint density at radius 2 is 1.75 bits per heavy atom. The van der Waals surface area contributed by atoms with E-state index in [4.69, 9.17) is 9.47 Å². The summed E-state index contributed by atoms with van der Waals surface area (Å²) >= 11 is 0. The van der Waals surface area contributed by atoms with Gasteiger partial charge in [-0.1, -0.05) is 0 Å². The van der Waals surface area contributed by atoms with Gasteiger partial charge >= 0.3 is 0 Å². The van der Waals surface area contributed by atoms with E-state index in [1.54, 1.807) is 18.2 Å². The molecule has 1 aromatic heterocycles. The van der Waals surface area contributed by atoms with Crippen molar-refractivity contribution in [3.8, 4) is 11.5 Å². The Hall–Kier alpha value is -4.02. The molecule has 0 aliphatic heterocycles. The third-order valence-electron chi connectivity index (χ3n) is 4.15. The Bertz CT molecular complexity index is 1140. The zero-order chi connectivity index (χ0) is 23.3. The number of nitrogens with zero attached hydrogens (tertiary/aromatic N) is 2. The molecule has 6 nitrogen and oxygen atoms in total. The zero-order valence-electron chi connectivity index (χ0n) is 16.3. The van der Waals surface area contributed by atoms with Gasteiger partial charge in [0.15, 0.2) is 5.75 Å². The highest BCUT2D eigenvalue weighted by atomic mass is 19.2. The van der Waals surface area contributed by atoms with Crippen LogP contribution in [0.2, 0.25) is 0 Å². The summed E-state index contributed by atoms with van der Waals surface area (Å²) in [5, 5.41) is 3.80. The molecule has 0 radical (unpaired) electrons. The minimum atomic E-state index is -2.28. The molecule has 0 saturated carbocycles. The lowest BCUT2D eigenvalue weighted by molar-refractivity contribution is 0.0954. The molecule has 0 aliphatic carbocycles. The number of rotatable bonds is 7. The molecule has 166 valence electrons. The van der Waals surface area contributed by atoms with Gasteiger partial charge in [-0.15, -0.1) is 0 Å². The van der Waals surface area contributed by atoms with Gasteiger partial charge in [0.25, 0.3) is 5.91 Å². The van der Waals surface area contributed by atoms with Crippen LogP contribution in [0.3, 0.4) is 0 Å². The van der Waals surface area contributed by atoms with Crippen LogP contribution >= 0.6 is 0 Å². The molecule has 1 amide bonds. The summed E-state index contributed by atoms with van der Waals surface area (Å²) in [6.07, 6.45) is 4.14. The number of amides is 1. The molecule has 0 fully saturated rings. The van der Waals surface area contributed by atoms with Gasteiger partial charge in [0, 0.05) is 18.0 Å². The summed E-state index contributed by atoms with van der Waals surface area (Å²) in [7, 11) is 1.32. The number of ether oxygens (including phenoxy) is 2. The topological polar surface area (TPSA) is 72.8 Å². The number of pyridine rings is 1. The van der Waals surface area contributed by atoms with Crippen LogP contribution in [0.15, 0.2) is 47.8 Å². The lowest BCUT2D eigenvalue weighted by atomic mass is 10.1. The van der Waals surface area contributed by atoms with Gasteiger partial charge in [-0.05, 0) is 35.9 Å². The normalized spacial score (nSPS) is 10.9. The van der Waals surface area contributed by atoms with Crippen molar-refractivity contribution in [3.63, 3.8) is 0 Å². The SMILES string of the molecule is COc1ccc(C=NNC(=O)c2cccnc2)cc1COc1c(F)c(F)c(F)c(F)c1F. The Morgan fingerprint density at radius 3 is 2.38 bits per heavy atom. The van der Waals surface area contributed by atoms with Gasteiger partial charge in [0.2, 0.25) is 29.1 Å². The Kier molecular flexibility index (Phi) is 6.98. The van der Waals surface area contributed by atoms with Crippen LogP contribution in [0.25, 0.3) is 0 Å². The predicted octanol–water partition coefficient (Wildman–Crippen LogP) is 4.13. The number of methoxy groups -OCH3 is 1. The second-order valence-corrected chi connectivity index (χ2v) is 6.20. The van der Waals surface area contributed by atoms with Crippen molar-refractivity contribution in [3.05, 3.63) is 88.5 Å². The van der Waals surface area contributed by atoms with Crippen LogP contribution in [0.4, 0.5) is 22.0 Å². The maximum atomic E-state index is 13.8. The summed E-state index contributed by atoms with van der Waals surface area (Å²) in [6.45, 7) is -0.578. The molecule has 1 heterocycles. The first-order chi connectivity index (χ1) is 15.3. The molecular weight excluding hydrogens is 437 g/mol. The lowest BCUT2D eigenvalue weighted by Crippen LogP contribution is -2.17. The van der Waals surface area contributed by atoms with Gasteiger partial charge in [0.1, 0.15) is 12.4 Å². The average molecular weight is 451 g/mol. The van der Waals surface area contributed by atoms with Crippen LogP contribution in [-0.2, 0) is 6.61 Å². The first-order valence-corrected chi connectivity index (χ1v) is 8.88. The summed E-state index contributed by atoms with van der Waals surface area (Å²) in [6, 6.07) is 7.59. The van der Waals surface area contributed by atoms with Crippen LogP contribution in [0, 0.1) is 29.1 Å². The third-order valence-corrected chi connectivity index (χ3v) is 4.15. The first kappa shape index (κ1) is 22.7. The number of hydrogen-bond acceptors (Lipinski definition) is 5. The second kappa shape index (κ2) is 9.86. The summed E-state index contributed by atoms with van der Waals surface area (Å²) in [5.74, 6) is -12.4. The number of benzene rings is 2. The van der Waals surface area contributed by atoms with Crippen LogP contribution < -0.4 is 14.9 Å². The van der Waals surface area contributed by atoms with Crippen molar-refractivity contribution in [2.75, 3.05) is 7.11 Å². The number of carbonyl (C=O) groups is 1. The van der Waals surface area contributed by atoms with E-state index in [-0.39, 0.29) is 16.9 Å². The first-order valence-electron chi connectivity index (χ1n) is 8.88. The lowest BCUT2D eigenvalue weighted by Gasteiger charge is -2.13. The molecule has 0 saturated heterocycles. The van der Waals surface area contributed by atoms with Crippen molar-refractivity contribution < 1.29 is 36.2 Å². The smallest absolute Gasteiger partial charge is 0.272 e. The number of nitrogens with one attached hydrogen (secondary N) is 1. The highest BCUT2D eigenvalue weighted by molar-refractivity contribution is 5.94. The molecule has 0 unspecified atom stereocenters. The van der Waals surface area contributed by atoms with Gasteiger partial charge in [-0.25, -0.2) is 18.6 Å². The van der Waals surface area contributed by atoms with E-state index in [2.05, 4.69) is 15.5 Å². The van der Waals surface area contributed by atoms with Gasteiger partial charge < -0.3 is 9.47 Å². The minimum absolute atomic E-state index is 0.221. The molecule has 11 heteroatoms. The Morgan fingerprint density at radius 1 is 1.06 bits per heavy atom. The highest BCUT2D eigenvalue weighted by Crippen LogP contribution is 2.30. The fraction of sp³-hybridized carbons (Fsp3) is 0.0952. The molecule has 32 heavy (non-hydrogen) atoms. The minimum Gasteiger partial charge on any atom is -0.496 e. The average Bonchev–Trinajstić information content (AvgIpc) is 2.82. The molecule has 0 bridgehead atoms. The summed E-state index contributed by atoms with van der Waals surface area (Å²) < 4.78 is 77.5. The summed E-state index contributed by atoms with van der Waals surface area (Å²) in [4.78, 5) is 15.8. The van der Waals surface area contributed by atoms with E-state index in [1.165, 1.54) is 37.9 Å². The van der Waals surface area contributed by atoms with Gasteiger partial charge in [-0.2, -0.15) is 13.9 Å². The number of hydrazone groups is 1. The molecule has 0 aliphatic rings. The maximum absolute atomic E-state index is 13.8. The third kappa shape index (κ3) is 4.82. The fourth-order valence-electron chi connectivity index (χ4n) is 2.58. The quantitative estimate of drug-likeness (QED) is 0.193. The molecule has 0 atom stereocenters. The van der Waals surface area contributed by atoms with E-state index in [0.717, 1.165) is 0 Å². The number of aromatic nitrogens is 1. The van der Waals surface area contributed by atoms with Crippen molar-refractivity contribution in [1.82, 2.24) is 10.4 Å². The molecule has 0 spiro atoms. The number of carbonyl (C=O) groups excluding carboxylic acids is 1. The van der Waals surface area contributed by atoms with E-state index < -0.39 is 47.3 Å². The zero-order valence-corrected chi connectivity index (χ0v) is 16.3. The number of halogens is 5. The Labute approximate surface area is 178 Å². The monoisotopic (exact) mass is 451 g/mol. The molecule has 3 rings (SSSR count). The maximum Gasteiger partial charge on any atom is 0.272 e. The molecule has 1 N–H and O–H groups in total. The van der Waals surface area contributed by atoms with Crippen LogP contribution in [0.1, 0.15) is 21.5 Å². The van der Waals surface area contributed by atoms with Gasteiger partial charge in [0.05, 0.1) is 18.9 Å². The Balaban J connectivity index is 1.77. The second-order valence-electron chi connectivity index (χ2n) is 6.20. The molecular formula is C21H14F5N3O3. The van der Waals surface area contributed by atoms with E-state index >= 15 is 0 Å². The van der Waals surface area contributed by atoms with Crippen LogP contribution in [0.5, 0.6) is 11.5 Å². The highest BCUT2D eigenvalue weighted by Gasteiger charge is 2.27. The van der Waals surface area contributed by atoms with E-state index in [1.807, 2.05) is 0 Å². The van der Waals surface area contributed by atoms with Crippen molar-refractivity contribution in [2.24, 2.45) is 5.10 Å². The predicted molar refractivity (Wildman–Crippen MR) is 103 cm³/mol. The van der Waals surface area contributed by atoms with E-state index in [0.29, 0.717) is 5.56 Å². The van der Waals surface area contributed by atoms with Crippen molar-refractivity contribution >= 4 is 12.1 Å². The number of hydrogen-bond donors (Lipinski definition) is 1. The largest absolute Gasteiger partial charge is 0.496 e. The molecule has 3 aromatic rings. The fourth-order valence-corrected chi connectivity index (χ4v) is 2.58. The van der Waals surface area contributed by atoms with Crippen molar-refractivity contribution in [1.29, 1.82) is 0 Å². The van der Waals surface area contributed by atoms with Gasteiger partial charge in [-0.3, -0.25) is 9.78 Å². The molecule has 2 aromatic carbocycles.